The normalized spacial score (nSPS) is 14.1. The highest BCUT2D eigenvalue weighted by Gasteiger charge is 2.17. The number of rotatable bonds is 8. The van der Waals surface area contributed by atoms with Crippen LogP contribution in [0.4, 0.5) is 5.69 Å². The van der Waals surface area contributed by atoms with Crippen LogP contribution in [0.1, 0.15) is 28.0 Å². The van der Waals surface area contributed by atoms with Crippen LogP contribution in [0.2, 0.25) is 0 Å². The van der Waals surface area contributed by atoms with E-state index in [0.717, 1.165) is 50.2 Å². The summed E-state index contributed by atoms with van der Waals surface area (Å²) in [5, 5.41) is 3.05. The molecule has 1 fully saturated rings. The zero-order valence-electron chi connectivity index (χ0n) is 21.3. The summed E-state index contributed by atoms with van der Waals surface area (Å²) in [4.78, 5) is 35.0. The molecular formula is C30H33N5O2. The Hall–Kier alpha value is -3.97. The fourth-order valence-electron chi connectivity index (χ4n) is 4.91. The molecule has 1 amide bonds. The van der Waals surface area contributed by atoms with E-state index in [9.17, 15) is 9.59 Å². The first-order valence-electron chi connectivity index (χ1n) is 12.9. The van der Waals surface area contributed by atoms with Crippen molar-refractivity contribution in [2.24, 2.45) is 0 Å². The van der Waals surface area contributed by atoms with E-state index in [0.29, 0.717) is 29.9 Å². The molecule has 7 heteroatoms. The van der Waals surface area contributed by atoms with E-state index >= 15 is 0 Å². The summed E-state index contributed by atoms with van der Waals surface area (Å²) in [5.41, 5.74) is 4.57. The second-order valence-electron chi connectivity index (χ2n) is 9.55. The van der Waals surface area contributed by atoms with Crippen molar-refractivity contribution in [2.45, 2.75) is 19.9 Å². The highest BCUT2D eigenvalue weighted by atomic mass is 16.1. The van der Waals surface area contributed by atoms with Gasteiger partial charge in [-0.25, -0.2) is 4.98 Å². The minimum atomic E-state index is -0.115. The van der Waals surface area contributed by atoms with Gasteiger partial charge in [0.2, 0.25) is 0 Å². The van der Waals surface area contributed by atoms with Crippen LogP contribution >= 0.6 is 0 Å². The summed E-state index contributed by atoms with van der Waals surface area (Å²) in [6.45, 7) is 7.88. The maximum absolute atomic E-state index is 12.8. The largest absolute Gasteiger partial charge is 0.369 e. The van der Waals surface area contributed by atoms with Crippen LogP contribution in [-0.4, -0.2) is 59.6 Å². The summed E-state index contributed by atoms with van der Waals surface area (Å²) < 4.78 is 1.73. The average Bonchev–Trinajstić information content (AvgIpc) is 2.94. The lowest BCUT2D eigenvalue weighted by molar-refractivity contribution is 0.0951. The molecule has 0 radical (unpaired) electrons. The highest BCUT2D eigenvalue weighted by molar-refractivity contribution is 5.97. The molecule has 5 rings (SSSR count). The number of hydrogen-bond acceptors (Lipinski definition) is 5. The van der Waals surface area contributed by atoms with Gasteiger partial charge in [0, 0.05) is 44.0 Å². The summed E-state index contributed by atoms with van der Waals surface area (Å²) in [5.74, 6) is -0.115. The van der Waals surface area contributed by atoms with E-state index in [1.807, 2.05) is 42.5 Å². The molecular weight excluding hydrogens is 462 g/mol. The molecule has 2 heterocycles. The Bertz CT molecular complexity index is 1410. The quantitative estimate of drug-likeness (QED) is 0.378. The second-order valence-corrected chi connectivity index (χ2v) is 9.55. The third kappa shape index (κ3) is 5.89. The third-order valence-electron chi connectivity index (χ3n) is 6.99. The van der Waals surface area contributed by atoms with E-state index < -0.39 is 0 Å². The standard InChI is InChI=1S/C30H33N5O2/c1-23-30(37)35(22-24-9-4-2-5-10-24)28-14-13-25(21-27(28)32-23)29(36)31-15-8-16-33-17-19-34(20-18-33)26-11-6-3-7-12-26/h2-7,9-14,21H,8,15-20,22H2,1H3,(H,31,36). The SMILES string of the molecule is Cc1nc2cc(C(=O)NCCCN3CCN(c4ccccc4)CC3)ccc2n(Cc2ccccc2)c1=O. The van der Waals surface area contributed by atoms with E-state index in [1.54, 1.807) is 23.6 Å². The number of amides is 1. The molecule has 1 saturated heterocycles. The molecule has 190 valence electrons. The van der Waals surface area contributed by atoms with Gasteiger partial charge in [-0.1, -0.05) is 48.5 Å². The van der Waals surface area contributed by atoms with Crippen molar-refractivity contribution in [3.8, 4) is 0 Å². The third-order valence-corrected chi connectivity index (χ3v) is 6.99. The molecule has 4 aromatic rings. The summed E-state index contributed by atoms with van der Waals surface area (Å²) in [7, 11) is 0. The zero-order chi connectivity index (χ0) is 25.6. The molecule has 7 nitrogen and oxygen atoms in total. The minimum Gasteiger partial charge on any atom is -0.369 e. The molecule has 1 aromatic heterocycles. The number of piperazine rings is 1. The number of fused-ring (bicyclic) bond motifs is 1. The summed E-state index contributed by atoms with van der Waals surface area (Å²) in [6, 6.07) is 25.8. The minimum absolute atomic E-state index is 0.113. The van der Waals surface area contributed by atoms with Gasteiger partial charge in [0.05, 0.1) is 17.6 Å². The summed E-state index contributed by atoms with van der Waals surface area (Å²) >= 11 is 0. The van der Waals surface area contributed by atoms with Crippen LogP contribution in [0.3, 0.4) is 0 Å². The van der Waals surface area contributed by atoms with Crippen molar-refractivity contribution in [3.63, 3.8) is 0 Å². The van der Waals surface area contributed by atoms with Gasteiger partial charge in [0.1, 0.15) is 5.69 Å². The molecule has 0 spiro atoms. The van der Waals surface area contributed by atoms with Crippen molar-refractivity contribution < 1.29 is 4.79 Å². The molecule has 1 N–H and O–H groups in total. The number of carbonyl (C=O) groups is 1. The summed E-state index contributed by atoms with van der Waals surface area (Å²) in [6.07, 6.45) is 0.901. The van der Waals surface area contributed by atoms with Gasteiger partial charge in [-0.3, -0.25) is 14.5 Å². The van der Waals surface area contributed by atoms with Gasteiger partial charge in [-0.05, 0) is 55.8 Å². The number of aryl methyl sites for hydroxylation is 1. The smallest absolute Gasteiger partial charge is 0.272 e. The molecule has 1 aliphatic rings. The van der Waals surface area contributed by atoms with Crippen molar-refractivity contribution in [1.29, 1.82) is 0 Å². The van der Waals surface area contributed by atoms with Gasteiger partial charge in [0.25, 0.3) is 11.5 Å². The molecule has 0 aliphatic carbocycles. The van der Waals surface area contributed by atoms with Gasteiger partial charge < -0.3 is 14.8 Å². The van der Waals surface area contributed by atoms with Crippen LogP contribution in [0.5, 0.6) is 0 Å². The van der Waals surface area contributed by atoms with Crippen LogP contribution in [-0.2, 0) is 6.54 Å². The maximum Gasteiger partial charge on any atom is 0.272 e. The molecule has 0 atom stereocenters. The number of carbonyl (C=O) groups excluding carboxylic acids is 1. The van der Waals surface area contributed by atoms with Crippen molar-refractivity contribution in [1.82, 2.24) is 19.8 Å². The predicted molar refractivity (Wildman–Crippen MR) is 148 cm³/mol. The number of nitrogens with one attached hydrogen (secondary N) is 1. The van der Waals surface area contributed by atoms with Crippen LogP contribution in [0.25, 0.3) is 11.0 Å². The first kappa shape index (κ1) is 24.7. The zero-order valence-corrected chi connectivity index (χ0v) is 21.3. The molecule has 0 saturated carbocycles. The molecule has 0 unspecified atom stereocenters. The van der Waals surface area contributed by atoms with Crippen molar-refractivity contribution in [2.75, 3.05) is 44.2 Å². The first-order chi connectivity index (χ1) is 18.1. The number of aromatic nitrogens is 2. The Morgan fingerprint density at radius 1 is 0.919 bits per heavy atom. The van der Waals surface area contributed by atoms with Gasteiger partial charge in [-0.2, -0.15) is 0 Å². The Kier molecular flexibility index (Phi) is 7.61. The number of nitrogens with zero attached hydrogens (tertiary/aromatic N) is 4. The molecule has 3 aromatic carbocycles. The number of anilines is 1. The van der Waals surface area contributed by atoms with Crippen LogP contribution in [0, 0.1) is 6.92 Å². The lowest BCUT2D eigenvalue weighted by atomic mass is 10.1. The second kappa shape index (κ2) is 11.4. The first-order valence-corrected chi connectivity index (χ1v) is 12.9. The number of benzene rings is 3. The fourth-order valence-corrected chi connectivity index (χ4v) is 4.91. The Morgan fingerprint density at radius 2 is 1.62 bits per heavy atom. The maximum atomic E-state index is 12.8. The lowest BCUT2D eigenvalue weighted by Crippen LogP contribution is -2.47. The Balaban J connectivity index is 1.16. The predicted octanol–water partition coefficient (Wildman–Crippen LogP) is 3.70. The van der Waals surface area contributed by atoms with Gasteiger partial charge in [-0.15, -0.1) is 0 Å². The Morgan fingerprint density at radius 3 is 2.35 bits per heavy atom. The van der Waals surface area contributed by atoms with Gasteiger partial charge >= 0.3 is 0 Å². The monoisotopic (exact) mass is 495 g/mol. The Labute approximate surface area is 217 Å². The van der Waals surface area contributed by atoms with E-state index in [-0.39, 0.29) is 11.5 Å². The number of hydrogen-bond donors (Lipinski definition) is 1. The van der Waals surface area contributed by atoms with Crippen LogP contribution in [0.15, 0.2) is 83.7 Å². The van der Waals surface area contributed by atoms with Crippen molar-refractivity contribution >= 4 is 22.6 Å². The highest BCUT2D eigenvalue weighted by Crippen LogP contribution is 2.17. The van der Waals surface area contributed by atoms with Crippen molar-refractivity contribution in [3.05, 3.63) is 106 Å². The fraction of sp³-hybridized carbons (Fsp3) is 0.300. The lowest BCUT2D eigenvalue weighted by Gasteiger charge is -2.36. The molecule has 1 aliphatic heterocycles. The molecule has 0 bridgehead atoms. The van der Waals surface area contributed by atoms with E-state index in [1.165, 1.54) is 5.69 Å². The number of para-hydroxylation sites is 1. The molecule has 37 heavy (non-hydrogen) atoms. The topological polar surface area (TPSA) is 70.5 Å². The van der Waals surface area contributed by atoms with Gasteiger partial charge in [0.15, 0.2) is 0 Å². The van der Waals surface area contributed by atoms with E-state index in [4.69, 9.17) is 0 Å². The average molecular weight is 496 g/mol. The van der Waals surface area contributed by atoms with E-state index in [2.05, 4.69) is 44.4 Å². The van der Waals surface area contributed by atoms with Crippen LogP contribution < -0.4 is 15.8 Å².